The van der Waals surface area contributed by atoms with E-state index >= 15 is 0 Å². The van der Waals surface area contributed by atoms with Crippen LogP contribution in [0, 0.1) is 0 Å². The quantitative estimate of drug-likeness (QED) is 0.171. The smallest absolute Gasteiger partial charge is 0.164 e. The summed E-state index contributed by atoms with van der Waals surface area (Å²) in [5.41, 5.74) is 11.4. The number of rotatable bonds is 6. The van der Waals surface area contributed by atoms with Crippen LogP contribution in [0.2, 0.25) is 0 Å². The zero-order valence-corrected chi connectivity index (χ0v) is 30.9. The highest BCUT2D eigenvalue weighted by atomic mass is 32.1. The maximum absolute atomic E-state index is 6.68. The summed E-state index contributed by atoms with van der Waals surface area (Å²) in [4.78, 5) is 15.1. The molecule has 0 radical (unpaired) electrons. The van der Waals surface area contributed by atoms with Crippen molar-refractivity contribution in [2.24, 2.45) is 0 Å². The van der Waals surface area contributed by atoms with Crippen LogP contribution in [0.4, 0.5) is 0 Å². The van der Waals surface area contributed by atoms with Gasteiger partial charge in [0.15, 0.2) is 17.5 Å². The van der Waals surface area contributed by atoms with Gasteiger partial charge in [-0.05, 0) is 63.7 Å². The molecule has 0 atom stereocenters. The third-order valence-electron chi connectivity index (χ3n) is 10.6. The normalized spacial score (nSPS) is 11.6. The van der Waals surface area contributed by atoms with Gasteiger partial charge in [0, 0.05) is 47.6 Å². The largest absolute Gasteiger partial charge is 0.456 e. The van der Waals surface area contributed by atoms with Crippen LogP contribution < -0.4 is 0 Å². The van der Waals surface area contributed by atoms with Crippen molar-refractivity contribution in [2.45, 2.75) is 0 Å². The molecule has 3 heterocycles. The van der Waals surface area contributed by atoms with E-state index in [0.717, 1.165) is 55.3 Å². The molecule has 0 unspecified atom stereocenters. The monoisotopic (exact) mass is 733 g/mol. The first kappa shape index (κ1) is 32.2. The van der Waals surface area contributed by atoms with Crippen molar-refractivity contribution in [3.05, 3.63) is 188 Å². The average Bonchev–Trinajstić information content (AvgIpc) is 3.86. The van der Waals surface area contributed by atoms with Crippen LogP contribution in [0.5, 0.6) is 0 Å². The highest BCUT2D eigenvalue weighted by molar-refractivity contribution is 7.26. The highest BCUT2D eigenvalue weighted by Gasteiger charge is 2.20. The van der Waals surface area contributed by atoms with E-state index in [2.05, 4.69) is 152 Å². The first-order valence-corrected chi connectivity index (χ1v) is 19.5. The topological polar surface area (TPSA) is 51.8 Å². The number of furan rings is 1. The maximum Gasteiger partial charge on any atom is 0.164 e. The molecular formula is C51H31N3OS. The number of hydrogen-bond donors (Lipinski definition) is 0. The lowest BCUT2D eigenvalue weighted by Crippen LogP contribution is -2.00. The van der Waals surface area contributed by atoms with Gasteiger partial charge in [0.25, 0.3) is 0 Å². The summed E-state index contributed by atoms with van der Waals surface area (Å²) in [6.07, 6.45) is 0. The van der Waals surface area contributed by atoms with Crippen LogP contribution in [0.25, 0.3) is 110 Å². The standard InChI is InChI=1S/C51H31N3OS/c1-4-14-32(15-5-1)35-20-12-21-36(30-35)50-52-49(34-18-8-3-9-19-34)53-51(54-50)37-26-27-41-44(31-37)55-43-24-13-23-39(46(41)43)40-29-28-38(33-16-6-2-7-17-33)48-47(40)42-22-10-11-25-45(42)56-48/h1-31H. The molecule has 4 nitrogen and oxygen atoms in total. The van der Waals surface area contributed by atoms with Gasteiger partial charge in [0.2, 0.25) is 0 Å². The summed E-state index contributed by atoms with van der Waals surface area (Å²) < 4.78 is 9.24. The number of benzene rings is 8. The van der Waals surface area contributed by atoms with Gasteiger partial charge in [-0.25, -0.2) is 15.0 Å². The Morgan fingerprint density at radius 3 is 1.68 bits per heavy atom. The minimum atomic E-state index is 0.587. The van der Waals surface area contributed by atoms with Gasteiger partial charge in [-0.2, -0.15) is 0 Å². The highest BCUT2D eigenvalue weighted by Crippen LogP contribution is 2.47. The second-order valence-electron chi connectivity index (χ2n) is 13.9. The molecule has 0 saturated carbocycles. The first-order chi connectivity index (χ1) is 27.7. The lowest BCUT2D eigenvalue weighted by atomic mass is 9.92. The predicted octanol–water partition coefficient (Wildman–Crippen LogP) is 14.1. The van der Waals surface area contributed by atoms with E-state index < -0.39 is 0 Å². The second kappa shape index (κ2) is 13.3. The first-order valence-electron chi connectivity index (χ1n) is 18.7. The minimum Gasteiger partial charge on any atom is -0.456 e. The zero-order chi connectivity index (χ0) is 37.0. The van der Waals surface area contributed by atoms with E-state index in [-0.39, 0.29) is 0 Å². The SMILES string of the molecule is c1ccc(-c2cccc(-c3nc(-c4ccccc4)nc(-c4ccc5c(c4)oc4cccc(-c6ccc(-c7ccccc7)c7sc8ccccc8c67)c45)n3)c2)cc1. The Labute approximate surface area is 327 Å². The Morgan fingerprint density at radius 1 is 0.339 bits per heavy atom. The van der Waals surface area contributed by atoms with Gasteiger partial charge >= 0.3 is 0 Å². The van der Waals surface area contributed by atoms with E-state index in [1.165, 1.54) is 36.9 Å². The van der Waals surface area contributed by atoms with Crippen molar-refractivity contribution < 1.29 is 4.42 Å². The van der Waals surface area contributed by atoms with Gasteiger partial charge in [-0.3, -0.25) is 0 Å². The van der Waals surface area contributed by atoms with E-state index in [0.29, 0.717) is 17.5 Å². The summed E-state index contributed by atoms with van der Waals surface area (Å²) in [6, 6.07) is 65.6. The fourth-order valence-electron chi connectivity index (χ4n) is 7.91. The molecule has 3 aromatic heterocycles. The van der Waals surface area contributed by atoms with E-state index in [4.69, 9.17) is 19.4 Å². The summed E-state index contributed by atoms with van der Waals surface area (Å²) in [7, 11) is 0. The molecule has 0 bridgehead atoms. The molecule has 262 valence electrons. The number of aromatic nitrogens is 3. The molecule has 0 amide bonds. The Bertz CT molecular complexity index is 3240. The van der Waals surface area contributed by atoms with Crippen molar-refractivity contribution in [3.8, 4) is 67.5 Å². The molecule has 0 fully saturated rings. The molecule has 0 aliphatic rings. The maximum atomic E-state index is 6.68. The van der Waals surface area contributed by atoms with Gasteiger partial charge in [-0.1, -0.05) is 158 Å². The molecular weight excluding hydrogens is 703 g/mol. The number of thiophene rings is 1. The average molecular weight is 734 g/mol. The Morgan fingerprint density at radius 2 is 0.911 bits per heavy atom. The second-order valence-corrected chi connectivity index (χ2v) is 15.0. The third-order valence-corrected chi connectivity index (χ3v) is 11.8. The Kier molecular flexibility index (Phi) is 7.64. The van der Waals surface area contributed by atoms with E-state index in [9.17, 15) is 0 Å². The predicted molar refractivity (Wildman–Crippen MR) is 233 cm³/mol. The van der Waals surface area contributed by atoms with Crippen molar-refractivity contribution >= 4 is 53.4 Å². The van der Waals surface area contributed by atoms with Crippen LogP contribution in [-0.4, -0.2) is 15.0 Å². The summed E-state index contributed by atoms with van der Waals surface area (Å²) in [5.74, 6) is 1.82. The van der Waals surface area contributed by atoms with Crippen molar-refractivity contribution in [2.75, 3.05) is 0 Å². The van der Waals surface area contributed by atoms with E-state index in [1.54, 1.807) is 0 Å². The molecule has 0 aliphatic carbocycles. The number of fused-ring (bicyclic) bond motifs is 6. The zero-order valence-electron chi connectivity index (χ0n) is 30.1. The molecule has 8 aromatic carbocycles. The third kappa shape index (κ3) is 5.48. The van der Waals surface area contributed by atoms with Gasteiger partial charge < -0.3 is 4.42 Å². The number of nitrogens with zero attached hydrogens (tertiary/aromatic N) is 3. The van der Waals surface area contributed by atoms with Gasteiger partial charge in [0.1, 0.15) is 11.2 Å². The van der Waals surface area contributed by atoms with Crippen molar-refractivity contribution in [3.63, 3.8) is 0 Å². The summed E-state index contributed by atoms with van der Waals surface area (Å²) in [6.45, 7) is 0. The Balaban J connectivity index is 1.08. The summed E-state index contributed by atoms with van der Waals surface area (Å²) in [5, 5.41) is 4.68. The summed E-state index contributed by atoms with van der Waals surface area (Å²) >= 11 is 1.86. The number of hydrogen-bond acceptors (Lipinski definition) is 5. The Hall–Kier alpha value is -7.21. The fraction of sp³-hybridized carbons (Fsp3) is 0. The molecule has 56 heavy (non-hydrogen) atoms. The fourth-order valence-corrected chi connectivity index (χ4v) is 9.17. The minimum absolute atomic E-state index is 0.587. The van der Waals surface area contributed by atoms with E-state index in [1.807, 2.05) is 47.7 Å². The van der Waals surface area contributed by atoms with Crippen LogP contribution in [0.1, 0.15) is 0 Å². The molecule has 0 N–H and O–H groups in total. The van der Waals surface area contributed by atoms with Crippen LogP contribution in [-0.2, 0) is 0 Å². The molecule has 11 rings (SSSR count). The van der Waals surface area contributed by atoms with Gasteiger partial charge in [0.05, 0.1) is 0 Å². The van der Waals surface area contributed by atoms with Crippen molar-refractivity contribution in [1.29, 1.82) is 0 Å². The van der Waals surface area contributed by atoms with Crippen LogP contribution >= 0.6 is 11.3 Å². The molecule has 0 aliphatic heterocycles. The van der Waals surface area contributed by atoms with Crippen molar-refractivity contribution in [1.82, 2.24) is 15.0 Å². The molecule has 11 aromatic rings. The molecule has 5 heteroatoms. The molecule has 0 spiro atoms. The lowest BCUT2D eigenvalue weighted by Gasteiger charge is -2.11. The van der Waals surface area contributed by atoms with Crippen LogP contribution in [0.3, 0.4) is 0 Å². The molecule has 0 saturated heterocycles. The lowest BCUT2D eigenvalue weighted by molar-refractivity contribution is 0.669. The van der Waals surface area contributed by atoms with Gasteiger partial charge in [-0.15, -0.1) is 11.3 Å². The van der Waals surface area contributed by atoms with Crippen LogP contribution in [0.15, 0.2) is 192 Å².